The number of hydrogen-bond acceptors (Lipinski definition) is 7. The topological polar surface area (TPSA) is 128 Å². The van der Waals surface area contributed by atoms with Crippen LogP contribution in [0.1, 0.15) is 11.6 Å². The van der Waals surface area contributed by atoms with Crippen molar-refractivity contribution in [3.63, 3.8) is 0 Å². The average Bonchev–Trinajstić information content (AvgIpc) is 3.64. The molecule has 0 saturated carbocycles. The third-order valence-corrected chi connectivity index (χ3v) is 7.90. The summed E-state index contributed by atoms with van der Waals surface area (Å²) >= 11 is -1.51. The van der Waals surface area contributed by atoms with E-state index in [1.807, 2.05) is 0 Å². The number of nitrogens with zero attached hydrogens (tertiary/aromatic N) is 3. The van der Waals surface area contributed by atoms with Gasteiger partial charge in [-0.1, -0.05) is 12.1 Å². The average molecular weight is 645 g/mol. The molecule has 0 aliphatic carbocycles. The predicted molar refractivity (Wildman–Crippen MR) is 151 cm³/mol. The van der Waals surface area contributed by atoms with Crippen molar-refractivity contribution in [2.24, 2.45) is 12.8 Å². The van der Waals surface area contributed by atoms with E-state index in [1.54, 1.807) is 25.1 Å². The molecule has 3 aromatic carbocycles. The van der Waals surface area contributed by atoms with Crippen LogP contribution in [0.25, 0.3) is 45.0 Å². The molecular formula is C30H21F5N4O5S. The van der Waals surface area contributed by atoms with Gasteiger partial charge in [0.05, 0.1) is 5.69 Å². The summed E-state index contributed by atoms with van der Waals surface area (Å²) in [6.07, 6.45) is -2.46. The largest absolute Gasteiger partial charge is 0.612 e. The van der Waals surface area contributed by atoms with E-state index < -0.39 is 40.8 Å². The Morgan fingerprint density at radius 1 is 0.978 bits per heavy atom. The van der Waals surface area contributed by atoms with Gasteiger partial charge in [0.15, 0.2) is 28.0 Å². The van der Waals surface area contributed by atoms with Crippen LogP contribution in [-0.4, -0.2) is 37.8 Å². The van der Waals surface area contributed by atoms with Crippen LogP contribution in [0.15, 0.2) is 70.0 Å². The van der Waals surface area contributed by atoms with E-state index in [0.717, 1.165) is 16.8 Å². The molecule has 0 saturated heterocycles. The number of oxazole rings is 1. The summed E-state index contributed by atoms with van der Waals surface area (Å²) in [6.45, 7) is 1.54. The highest BCUT2D eigenvalue weighted by Crippen LogP contribution is 2.46. The molecule has 1 aliphatic rings. The van der Waals surface area contributed by atoms with Crippen molar-refractivity contribution in [2.45, 2.75) is 24.0 Å². The minimum absolute atomic E-state index is 0.0927. The Balaban J connectivity index is 1.58. The minimum atomic E-state index is -4.08. The van der Waals surface area contributed by atoms with Gasteiger partial charge in [0, 0.05) is 42.8 Å². The van der Waals surface area contributed by atoms with Crippen molar-refractivity contribution in [2.75, 3.05) is 6.26 Å². The number of hydrogen-bond donors (Lipinski definition) is 1. The number of alkyl halides is 4. The molecule has 2 N–H and O–H groups in total. The van der Waals surface area contributed by atoms with E-state index in [-0.39, 0.29) is 50.6 Å². The lowest BCUT2D eigenvalue weighted by Gasteiger charge is -2.13. The Bertz CT molecular complexity index is 1990. The molecule has 15 heteroatoms. The molecule has 9 nitrogen and oxygen atoms in total. The zero-order valence-corrected chi connectivity index (χ0v) is 24.3. The van der Waals surface area contributed by atoms with Crippen LogP contribution in [0.5, 0.6) is 11.5 Å². The molecule has 232 valence electrons. The zero-order valence-electron chi connectivity index (χ0n) is 23.5. The Kier molecular flexibility index (Phi) is 7.12. The number of benzene rings is 3. The van der Waals surface area contributed by atoms with Gasteiger partial charge in [0.25, 0.3) is 5.91 Å². The van der Waals surface area contributed by atoms with Crippen LogP contribution < -0.4 is 15.2 Å². The van der Waals surface area contributed by atoms with E-state index in [2.05, 4.69) is 19.6 Å². The number of aryl methyl sites for hydroxylation is 2. The number of amides is 1. The smallest absolute Gasteiger partial charge is 0.586 e. The van der Waals surface area contributed by atoms with Gasteiger partial charge in [0.1, 0.15) is 23.5 Å². The van der Waals surface area contributed by atoms with Gasteiger partial charge in [0.2, 0.25) is 0 Å². The summed E-state index contributed by atoms with van der Waals surface area (Å²) in [6, 6.07) is 13.6. The van der Waals surface area contributed by atoms with E-state index >= 15 is 0 Å². The fourth-order valence-electron chi connectivity index (χ4n) is 4.93. The van der Waals surface area contributed by atoms with Crippen molar-refractivity contribution in [3.05, 3.63) is 78.1 Å². The third-order valence-electron chi connectivity index (χ3n) is 7.00. The number of aromatic nitrogens is 3. The number of ether oxygens (including phenoxy) is 2. The first-order valence-electron chi connectivity index (χ1n) is 13.0. The second-order valence-corrected chi connectivity index (χ2v) is 11.5. The molecule has 1 amide bonds. The fourth-order valence-corrected chi connectivity index (χ4v) is 5.50. The quantitative estimate of drug-likeness (QED) is 0.166. The molecule has 45 heavy (non-hydrogen) atoms. The molecule has 6 rings (SSSR count). The Morgan fingerprint density at radius 2 is 1.69 bits per heavy atom. The van der Waals surface area contributed by atoms with Crippen LogP contribution in [0.2, 0.25) is 0 Å². The lowest BCUT2D eigenvalue weighted by atomic mass is 9.94. The fraction of sp³-hybridized carbons (Fsp3) is 0.167. The minimum Gasteiger partial charge on any atom is -0.612 e. The highest BCUT2D eigenvalue weighted by molar-refractivity contribution is 7.90. The summed E-state index contributed by atoms with van der Waals surface area (Å²) in [7, 11) is 1.38. The van der Waals surface area contributed by atoms with Crippen LogP contribution in [-0.2, 0) is 28.9 Å². The van der Waals surface area contributed by atoms with E-state index in [4.69, 9.17) is 10.2 Å². The highest BCUT2D eigenvalue weighted by Gasteiger charge is 2.44. The first kappa shape index (κ1) is 30.1. The summed E-state index contributed by atoms with van der Waals surface area (Å²) < 4.78 is 99.5. The maximum Gasteiger partial charge on any atom is 0.586 e. The van der Waals surface area contributed by atoms with Crippen molar-refractivity contribution < 1.29 is 45.2 Å². The molecule has 1 aliphatic heterocycles. The van der Waals surface area contributed by atoms with Gasteiger partial charge in [-0.15, -0.1) is 8.78 Å². The summed E-state index contributed by atoms with van der Waals surface area (Å²) in [5.41, 5.74) is 5.91. The Morgan fingerprint density at radius 3 is 2.40 bits per heavy atom. The second-order valence-electron chi connectivity index (χ2n) is 10.1. The van der Waals surface area contributed by atoms with Crippen molar-refractivity contribution in [3.8, 4) is 56.5 Å². The molecule has 0 spiro atoms. The molecule has 1 unspecified atom stereocenters. The van der Waals surface area contributed by atoms with Crippen molar-refractivity contribution in [1.29, 1.82) is 0 Å². The van der Waals surface area contributed by atoms with Gasteiger partial charge in [-0.25, -0.2) is 9.37 Å². The van der Waals surface area contributed by atoms with E-state index in [9.17, 15) is 31.3 Å². The van der Waals surface area contributed by atoms with Crippen molar-refractivity contribution >= 4 is 17.1 Å². The molecule has 1 atom stereocenters. The number of primary amides is 1. The zero-order chi connectivity index (χ0) is 32.4. The van der Waals surface area contributed by atoms with E-state index in [0.29, 0.717) is 16.7 Å². The predicted octanol–water partition coefficient (Wildman–Crippen LogP) is 6.16. The summed E-state index contributed by atoms with van der Waals surface area (Å²) in [4.78, 5) is 16.2. The third kappa shape index (κ3) is 5.48. The SMILES string of the molecule is Cc1nc(-c2ccc3c(c2)OC(F)(F)O3)c(-c2cc(-c3cc(F)cc([S+](C)[O-])c3)ccc2-c2cc(C(F)(F)C(N)=O)nn2C)o1. The molecule has 5 aromatic rings. The summed E-state index contributed by atoms with van der Waals surface area (Å²) in [5, 5.41) is 3.81. The van der Waals surface area contributed by atoms with Gasteiger partial charge in [-0.05, 0) is 58.7 Å². The Labute approximate surface area is 254 Å². The number of nitrogens with two attached hydrogens (primary N) is 1. The lowest BCUT2D eigenvalue weighted by molar-refractivity contribution is -0.286. The number of fused-ring (bicyclic) bond motifs is 1. The normalized spacial score (nSPS) is 14.5. The van der Waals surface area contributed by atoms with Gasteiger partial charge < -0.3 is 24.2 Å². The lowest BCUT2D eigenvalue weighted by Crippen LogP contribution is -2.33. The maximum absolute atomic E-state index is 14.6. The summed E-state index contributed by atoms with van der Waals surface area (Å²) in [5.74, 6) is -6.79. The van der Waals surface area contributed by atoms with Crippen LogP contribution in [0.3, 0.4) is 0 Å². The van der Waals surface area contributed by atoms with E-state index in [1.165, 1.54) is 43.6 Å². The molecule has 0 radical (unpaired) electrons. The highest BCUT2D eigenvalue weighted by atomic mass is 32.2. The first-order chi connectivity index (χ1) is 21.1. The number of carbonyl (C=O) groups excluding carboxylic acids is 1. The van der Waals surface area contributed by atoms with Crippen LogP contribution >= 0.6 is 0 Å². The second kappa shape index (κ2) is 10.6. The number of rotatable bonds is 7. The van der Waals surface area contributed by atoms with Gasteiger partial charge >= 0.3 is 12.2 Å². The molecule has 0 fully saturated rings. The molecule has 2 aromatic heterocycles. The molecule has 0 bridgehead atoms. The van der Waals surface area contributed by atoms with Crippen molar-refractivity contribution in [1.82, 2.24) is 14.8 Å². The number of carbonyl (C=O) groups is 1. The van der Waals surface area contributed by atoms with Gasteiger partial charge in [-0.2, -0.15) is 13.9 Å². The Hall–Kier alpha value is -4.89. The monoisotopic (exact) mass is 644 g/mol. The molecule has 3 heterocycles. The van der Waals surface area contributed by atoms with Gasteiger partial charge in [-0.3, -0.25) is 9.48 Å². The van der Waals surface area contributed by atoms with Crippen LogP contribution in [0.4, 0.5) is 22.0 Å². The van der Waals surface area contributed by atoms with Crippen LogP contribution in [0, 0.1) is 12.7 Å². The standard InChI is InChI=1S/C30H21F5N4O5S/c1-14-37-26(16-5-7-23-24(11-16)44-30(34,35)43-23)27(42-14)21-10-15(17-8-18(31)12-19(9-17)45(3)41)4-6-20(21)22-13-25(38-39(22)2)29(32,33)28(36)40/h4-13H,1-3H3,(H2,36,40). The number of halogens is 5. The maximum atomic E-state index is 14.6. The first-order valence-corrected chi connectivity index (χ1v) is 14.6. The molecular weight excluding hydrogens is 623 g/mol.